The zero-order valence-corrected chi connectivity index (χ0v) is 10.8. The van der Waals surface area contributed by atoms with Crippen molar-refractivity contribution in [2.45, 2.75) is 33.3 Å². The van der Waals surface area contributed by atoms with Gasteiger partial charge < -0.3 is 4.74 Å². The highest BCUT2D eigenvalue weighted by Crippen LogP contribution is 2.23. The second kappa shape index (κ2) is 5.31. The minimum atomic E-state index is -0.0672. The fourth-order valence-electron chi connectivity index (χ4n) is 1.41. The number of rotatable bonds is 4. The van der Waals surface area contributed by atoms with E-state index in [4.69, 9.17) is 4.74 Å². The van der Waals surface area contributed by atoms with Crippen LogP contribution in [0.4, 0.5) is 0 Å². The minimum absolute atomic E-state index is 0.0672. The van der Waals surface area contributed by atoms with Gasteiger partial charge in [0.25, 0.3) is 0 Å². The molecule has 0 saturated carbocycles. The highest BCUT2D eigenvalue weighted by Gasteiger charge is 2.08. The average Bonchev–Trinajstić information content (AvgIpc) is 2.08. The van der Waals surface area contributed by atoms with E-state index in [1.54, 1.807) is 6.92 Å². The minimum Gasteiger partial charge on any atom is -0.490 e. The van der Waals surface area contributed by atoms with Gasteiger partial charge in [-0.15, -0.1) is 0 Å². The quantitative estimate of drug-likeness (QED) is 0.837. The Morgan fingerprint density at radius 3 is 2.73 bits per heavy atom. The molecule has 0 fully saturated rings. The SMILES string of the molecule is CC(=O)CC(C)Oc1ccc(Br)cc1C. The van der Waals surface area contributed by atoms with Crippen LogP contribution in [0.25, 0.3) is 0 Å². The third kappa shape index (κ3) is 4.04. The van der Waals surface area contributed by atoms with Crippen LogP contribution in [0.3, 0.4) is 0 Å². The number of carbonyl (C=O) groups excluding carboxylic acids is 1. The van der Waals surface area contributed by atoms with Crippen molar-refractivity contribution in [3.05, 3.63) is 28.2 Å². The predicted molar refractivity (Wildman–Crippen MR) is 64.3 cm³/mol. The van der Waals surface area contributed by atoms with E-state index < -0.39 is 0 Å². The summed E-state index contributed by atoms with van der Waals surface area (Å²) in [6.45, 7) is 5.47. The molecule has 0 radical (unpaired) electrons. The first-order chi connectivity index (χ1) is 6.99. The highest BCUT2D eigenvalue weighted by molar-refractivity contribution is 9.10. The number of halogens is 1. The Morgan fingerprint density at radius 1 is 1.53 bits per heavy atom. The van der Waals surface area contributed by atoms with Crippen molar-refractivity contribution in [2.75, 3.05) is 0 Å². The van der Waals surface area contributed by atoms with Gasteiger partial charge in [0, 0.05) is 10.9 Å². The van der Waals surface area contributed by atoms with Crippen molar-refractivity contribution in [3.63, 3.8) is 0 Å². The van der Waals surface area contributed by atoms with E-state index >= 15 is 0 Å². The Morgan fingerprint density at radius 2 is 2.20 bits per heavy atom. The van der Waals surface area contributed by atoms with Gasteiger partial charge in [0.05, 0.1) is 0 Å². The van der Waals surface area contributed by atoms with Crippen LogP contribution in [0.2, 0.25) is 0 Å². The topological polar surface area (TPSA) is 26.3 Å². The van der Waals surface area contributed by atoms with Gasteiger partial charge in [0.1, 0.15) is 17.6 Å². The first-order valence-electron chi connectivity index (χ1n) is 4.91. The second-order valence-corrected chi connectivity index (χ2v) is 4.66. The van der Waals surface area contributed by atoms with E-state index in [9.17, 15) is 4.79 Å². The second-order valence-electron chi connectivity index (χ2n) is 3.74. The number of benzene rings is 1. The third-order valence-electron chi connectivity index (χ3n) is 2.04. The average molecular weight is 271 g/mol. The Hall–Kier alpha value is -0.830. The molecule has 2 nitrogen and oxygen atoms in total. The normalized spacial score (nSPS) is 12.3. The molecule has 0 saturated heterocycles. The number of ketones is 1. The van der Waals surface area contributed by atoms with Crippen LogP contribution in [0.1, 0.15) is 25.8 Å². The molecule has 0 N–H and O–H groups in total. The molecule has 82 valence electrons. The number of ether oxygens (including phenoxy) is 1. The van der Waals surface area contributed by atoms with E-state index in [0.29, 0.717) is 6.42 Å². The summed E-state index contributed by atoms with van der Waals surface area (Å²) in [5.41, 5.74) is 1.07. The van der Waals surface area contributed by atoms with Gasteiger partial charge in [-0.2, -0.15) is 0 Å². The summed E-state index contributed by atoms with van der Waals surface area (Å²) >= 11 is 3.39. The molecule has 15 heavy (non-hydrogen) atoms. The molecule has 0 aliphatic heterocycles. The molecular weight excluding hydrogens is 256 g/mol. The van der Waals surface area contributed by atoms with Gasteiger partial charge in [-0.25, -0.2) is 0 Å². The molecule has 3 heteroatoms. The van der Waals surface area contributed by atoms with E-state index in [1.165, 1.54) is 0 Å². The number of hydrogen-bond acceptors (Lipinski definition) is 2. The van der Waals surface area contributed by atoms with Gasteiger partial charge in [-0.1, -0.05) is 15.9 Å². The van der Waals surface area contributed by atoms with Gasteiger partial charge in [-0.3, -0.25) is 4.79 Å². The van der Waals surface area contributed by atoms with E-state index in [0.717, 1.165) is 15.8 Å². The zero-order valence-electron chi connectivity index (χ0n) is 9.21. The molecule has 0 heterocycles. The standard InChI is InChI=1S/C12H15BrO2/c1-8-6-11(13)4-5-12(8)15-10(3)7-9(2)14/h4-6,10H,7H2,1-3H3. The lowest BCUT2D eigenvalue weighted by Gasteiger charge is -2.15. The maximum Gasteiger partial charge on any atom is 0.133 e. The molecular formula is C12H15BrO2. The maximum absolute atomic E-state index is 10.9. The monoisotopic (exact) mass is 270 g/mol. The summed E-state index contributed by atoms with van der Waals surface area (Å²) in [4.78, 5) is 10.9. The molecule has 0 spiro atoms. The van der Waals surface area contributed by atoms with Crippen molar-refractivity contribution >= 4 is 21.7 Å². The number of hydrogen-bond donors (Lipinski definition) is 0. The Kier molecular flexibility index (Phi) is 4.33. The molecule has 0 aliphatic rings. The molecule has 1 aromatic rings. The number of aryl methyl sites for hydroxylation is 1. The molecule has 1 aromatic carbocycles. The highest BCUT2D eigenvalue weighted by atomic mass is 79.9. The number of carbonyl (C=O) groups is 1. The van der Waals surface area contributed by atoms with E-state index in [2.05, 4.69) is 15.9 Å². The molecule has 1 unspecified atom stereocenters. The van der Waals surface area contributed by atoms with Gasteiger partial charge >= 0.3 is 0 Å². The zero-order chi connectivity index (χ0) is 11.4. The molecule has 1 atom stereocenters. The third-order valence-corrected chi connectivity index (χ3v) is 2.53. The summed E-state index contributed by atoms with van der Waals surface area (Å²) in [6.07, 6.45) is 0.387. The first kappa shape index (κ1) is 12.2. The lowest BCUT2D eigenvalue weighted by Crippen LogP contribution is -2.15. The van der Waals surface area contributed by atoms with Crippen molar-refractivity contribution in [1.29, 1.82) is 0 Å². The Labute approximate surface area is 98.8 Å². The van der Waals surface area contributed by atoms with Crippen LogP contribution in [0, 0.1) is 6.92 Å². The van der Waals surface area contributed by atoms with Crippen molar-refractivity contribution in [2.24, 2.45) is 0 Å². The van der Waals surface area contributed by atoms with Crippen LogP contribution in [0.15, 0.2) is 22.7 Å². The van der Waals surface area contributed by atoms with Crippen molar-refractivity contribution in [3.8, 4) is 5.75 Å². The first-order valence-corrected chi connectivity index (χ1v) is 5.70. The van der Waals surface area contributed by atoms with Crippen LogP contribution in [-0.2, 0) is 4.79 Å². The van der Waals surface area contributed by atoms with Crippen molar-refractivity contribution < 1.29 is 9.53 Å². The lowest BCUT2D eigenvalue weighted by molar-refractivity contribution is -0.118. The van der Waals surface area contributed by atoms with Crippen LogP contribution in [0.5, 0.6) is 5.75 Å². The summed E-state index contributed by atoms with van der Waals surface area (Å²) in [6, 6.07) is 5.84. The number of Topliss-reactive ketones (excluding diaryl/α,β-unsaturated/α-hetero) is 1. The van der Waals surface area contributed by atoms with E-state index in [-0.39, 0.29) is 11.9 Å². The maximum atomic E-state index is 10.9. The van der Waals surface area contributed by atoms with Gasteiger partial charge in [0.2, 0.25) is 0 Å². The van der Waals surface area contributed by atoms with Crippen molar-refractivity contribution in [1.82, 2.24) is 0 Å². The lowest BCUT2D eigenvalue weighted by atomic mass is 10.2. The molecule has 0 aliphatic carbocycles. The van der Waals surface area contributed by atoms with Gasteiger partial charge in [-0.05, 0) is 44.5 Å². The molecule has 1 rings (SSSR count). The Balaban J connectivity index is 2.68. The van der Waals surface area contributed by atoms with Crippen LogP contribution in [-0.4, -0.2) is 11.9 Å². The summed E-state index contributed by atoms with van der Waals surface area (Å²) in [7, 11) is 0. The largest absolute Gasteiger partial charge is 0.490 e. The van der Waals surface area contributed by atoms with Crippen LogP contribution >= 0.6 is 15.9 Å². The summed E-state index contributed by atoms with van der Waals surface area (Å²) < 4.78 is 6.70. The predicted octanol–water partition coefficient (Wildman–Crippen LogP) is 3.50. The summed E-state index contributed by atoms with van der Waals surface area (Å²) in [5.74, 6) is 0.990. The smallest absolute Gasteiger partial charge is 0.133 e. The Bertz CT molecular complexity index is 361. The fourth-order valence-corrected chi connectivity index (χ4v) is 1.88. The fraction of sp³-hybridized carbons (Fsp3) is 0.417. The molecule has 0 bridgehead atoms. The molecule has 0 amide bonds. The molecule has 0 aromatic heterocycles. The van der Waals surface area contributed by atoms with E-state index in [1.807, 2.05) is 32.0 Å². The summed E-state index contributed by atoms with van der Waals surface area (Å²) in [5, 5.41) is 0. The van der Waals surface area contributed by atoms with Crippen LogP contribution < -0.4 is 4.74 Å². The van der Waals surface area contributed by atoms with Gasteiger partial charge in [0.15, 0.2) is 0 Å².